The van der Waals surface area contributed by atoms with E-state index in [0.29, 0.717) is 11.3 Å². The van der Waals surface area contributed by atoms with E-state index in [1.54, 1.807) is 0 Å². The Balaban J connectivity index is 2.23. The Bertz CT molecular complexity index is 512. The maximum Gasteiger partial charge on any atom is 0.204 e. The summed E-state index contributed by atoms with van der Waals surface area (Å²) >= 11 is 6.18. The van der Waals surface area contributed by atoms with Gasteiger partial charge in [0.15, 0.2) is 0 Å². The van der Waals surface area contributed by atoms with E-state index in [4.69, 9.17) is 11.6 Å². The first-order valence-corrected chi connectivity index (χ1v) is 5.77. The van der Waals surface area contributed by atoms with Crippen LogP contribution in [0.2, 0.25) is 5.28 Å². The van der Waals surface area contributed by atoms with Crippen molar-refractivity contribution in [3.63, 3.8) is 0 Å². The fourth-order valence-corrected chi connectivity index (χ4v) is 2.49. The second-order valence-electron chi connectivity index (χ2n) is 4.33. The van der Waals surface area contributed by atoms with E-state index in [1.165, 1.54) is 30.3 Å². The van der Waals surface area contributed by atoms with Crippen LogP contribution in [0.3, 0.4) is 0 Å². The van der Waals surface area contributed by atoms with Crippen LogP contribution in [0.4, 0.5) is 0 Å². The molecule has 0 radical (unpaired) electrons. The second-order valence-corrected chi connectivity index (χ2v) is 4.67. The number of nitrogens with zero attached hydrogens (tertiary/aromatic N) is 2. The molecule has 78 valence electrons. The van der Waals surface area contributed by atoms with Crippen molar-refractivity contribution >= 4 is 22.6 Å². The van der Waals surface area contributed by atoms with Gasteiger partial charge in [0.1, 0.15) is 0 Å². The molecule has 1 heterocycles. The van der Waals surface area contributed by atoms with E-state index in [0.717, 1.165) is 5.52 Å². The lowest BCUT2D eigenvalue weighted by atomic mass is 9.93. The minimum absolute atomic E-state index is 0.574. The summed E-state index contributed by atoms with van der Waals surface area (Å²) in [4.78, 5) is 4.41. The van der Waals surface area contributed by atoms with Gasteiger partial charge in [0.25, 0.3) is 0 Å². The smallest absolute Gasteiger partial charge is 0.204 e. The van der Waals surface area contributed by atoms with Crippen LogP contribution in [0, 0.1) is 6.92 Å². The van der Waals surface area contributed by atoms with Crippen molar-refractivity contribution in [3.8, 4) is 0 Å². The Morgan fingerprint density at radius 3 is 2.87 bits per heavy atom. The molecule has 15 heavy (non-hydrogen) atoms. The van der Waals surface area contributed by atoms with Crippen molar-refractivity contribution in [1.29, 1.82) is 0 Å². The monoisotopic (exact) mass is 220 g/mol. The molecule has 0 saturated heterocycles. The molecule has 0 aliphatic heterocycles. The minimum Gasteiger partial charge on any atom is -0.312 e. The number of hydrogen-bond acceptors (Lipinski definition) is 1. The minimum atomic E-state index is 0.574. The van der Waals surface area contributed by atoms with Crippen LogP contribution in [0.1, 0.15) is 30.9 Å². The zero-order chi connectivity index (χ0) is 10.4. The van der Waals surface area contributed by atoms with Gasteiger partial charge < -0.3 is 4.57 Å². The van der Waals surface area contributed by atoms with Crippen molar-refractivity contribution in [1.82, 2.24) is 9.55 Å². The van der Waals surface area contributed by atoms with Crippen LogP contribution in [-0.2, 0) is 0 Å². The zero-order valence-electron chi connectivity index (χ0n) is 8.70. The molecule has 1 aromatic carbocycles. The molecule has 0 spiro atoms. The van der Waals surface area contributed by atoms with Crippen LogP contribution >= 0.6 is 11.6 Å². The molecule has 1 saturated carbocycles. The Labute approximate surface area is 93.9 Å². The van der Waals surface area contributed by atoms with E-state index in [9.17, 15) is 0 Å². The Hall–Kier alpha value is -1.02. The van der Waals surface area contributed by atoms with E-state index < -0.39 is 0 Å². The Morgan fingerprint density at radius 2 is 2.20 bits per heavy atom. The Morgan fingerprint density at radius 1 is 1.40 bits per heavy atom. The molecular formula is C12H13ClN2. The van der Waals surface area contributed by atoms with Crippen LogP contribution in [-0.4, -0.2) is 9.55 Å². The predicted molar refractivity (Wildman–Crippen MR) is 62.4 cm³/mol. The summed E-state index contributed by atoms with van der Waals surface area (Å²) in [5.74, 6) is 0. The zero-order valence-corrected chi connectivity index (χ0v) is 9.46. The predicted octanol–water partition coefficient (Wildman–Crippen LogP) is 3.72. The number of aromatic nitrogens is 2. The maximum absolute atomic E-state index is 6.18. The third-order valence-corrected chi connectivity index (χ3v) is 3.51. The standard InChI is InChI=1S/C12H13ClN2/c1-8-5-6-11-10(7-8)14-12(13)15(11)9-3-2-4-9/h5-7,9H,2-4H2,1H3. The number of imidazole rings is 1. The van der Waals surface area contributed by atoms with Crippen molar-refractivity contribution in [3.05, 3.63) is 29.0 Å². The lowest BCUT2D eigenvalue weighted by molar-refractivity contribution is 0.321. The van der Waals surface area contributed by atoms with Crippen LogP contribution < -0.4 is 0 Å². The van der Waals surface area contributed by atoms with Gasteiger partial charge in [-0.2, -0.15) is 0 Å². The first kappa shape index (κ1) is 9.22. The first-order chi connectivity index (χ1) is 7.25. The van der Waals surface area contributed by atoms with Crippen molar-refractivity contribution in [2.24, 2.45) is 0 Å². The van der Waals surface area contributed by atoms with Gasteiger partial charge in [-0.05, 0) is 55.5 Å². The molecule has 3 heteroatoms. The van der Waals surface area contributed by atoms with Crippen LogP contribution in [0.25, 0.3) is 11.0 Å². The molecule has 3 rings (SSSR count). The highest BCUT2D eigenvalue weighted by Crippen LogP contribution is 2.36. The van der Waals surface area contributed by atoms with E-state index >= 15 is 0 Å². The van der Waals surface area contributed by atoms with Gasteiger partial charge in [-0.25, -0.2) is 4.98 Å². The summed E-state index contributed by atoms with van der Waals surface area (Å²) in [6.45, 7) is 2.08. The van der Waals surface area contributed by atoms with E-state index in [1.807, 2.05) is 0 Å². The number of halogens is 1. The summed E-state index contributed by atoms with van der Waals surface area (Å²) in [7, 11) is 0. The highest BCUT2D eigenvalue weighted by atomic mass is 35.5. The lowest BCUT2D eigenvalue weighted by Crippen LogP contribution is -2.16. The summed E-state index contributed by atoms with van der Waals surface area (Å²) in [5.41, 5.74) is 3.43. The van der Waals surface area contributed by atoms with E-state index in [-0.39, 0.29) is 0 Å². The van der Waals surface area contributed by atoms with Gasteiger partial charge in [-0.3, -0.25) is 0 Å². The molecule has 1 aliphatic carbocycles. The summed E-state index contributed by atoms with van der Waals surface area (Å²) in [6.07, 6.45) is 3.78. The highest BCUT2D eigenvalue weighted by Gasteiger charge is 2.23. The quantitative estimate of drug-likeness (QED) is 0.716. The fraction of sp³-hybridized carbons (Fsp3) is 0.417. The fourth-order valence-electron chi connectivity index (χ4n) is 2.17. The maximum atomic E-state index is 6.18. The van der Waals surface area contributed by atoms with Gasteiger partial charge in [0.2, 0.25) is 5.28 Å². The largest absolute Gasteiger partial charge is 0.312 e. The van der Waals surface area contributed by atoms with Gasteiger partial charge in [-0.1, -0.05) is 6.07 Å². The normalized spacial score (nSPS) is 16.9. The summed E-state index contributed by atoms with van der Waals surface area (Å²) < 4.78 is 2.18. The Kier molecular flexibility index (Phi) is 1.99. The molecular weight excluding hydrogens is 208 g/mol. The lowest BCUT2D eigenvalue weighted by Gasteiger charge is -2.27. The average Bonchev–Trinajstić information content (AvgIpc) is 2.40. The number of hydrogen-bond donors (Lipinski definition) is 0. The summed E-state index contributed by atoms with van der Waals surface area (Å²) in [6, 6.07) is 6.92. The van der Waals surface area contributed by atoms with Crippen molar-refractivity contribution in [2.45, 2.75) is 32.2 Å². The van der Waals surface area contributed by atoms with Gasteiger partial charge in [0.05, 0.1) is 11.0 Å². The van der Waals surface area contributed by atoms with Crippen LogP contribution in [0.15, 0.2) is 18.2 Å². The first-order valence-electron chi connectivity index (χ1n) is 5.40. The number of aryl methyl sites for hydroxylation is 1. The molecule has 0 bridgehead atoms. The second kappa shape index (κ2) is 3.24. The SMILES string of the molecule is Cc1ccc2c(c1)nc(Cl)n2C1CCC1. The third kappa shape index (κ3) is 1.36. The summed E-state index contributed by atoms with van der Waals surface area (Å²) in [5, 5.41) is 0.639. The van der Waals surface area contributed by atoms with Crippen molar-refractivity contribution < 1.29 is 0 Å². The van der Waals surface area contributed by atoms with Crippen LogP contribution in [0.5, 0.6) is 0 Å². The van der Waals surface area contributed by atoms with Gasteiger partial charge in [0, 0.05) is 6.04 Å². The molecule has 1 aliphatic rings. The molecule has 0 unspecified atom stereocenters. The molecule has 2 aromatic rings. The number of rotatable bonds is 1. The number of fused-ring (bicyclic) bond motifs is 1. The average molecular weight is 221 g/mol. The molecule has 0 N–H and O–H groups in total. The molecule has 1 aromatic heterocycles. The van der Waals surface area contributed by atoms with Gasteiger partial charge in [-0.15, -0.1) is 0 Å². The number of benzene rings is 1. The van der Waals surface area contributed by atoms with Crippen molar-refractivity contribution in [2.75, 3.05) is 0 Å². The van der Waals surface area contributed by atoms with E-state index in [2.05, 4.69) is 34.7 Å². The molecule has 2 nitrogen and oxygen atoms in total. The highest BCUT2D eigenvalue weighted by molar-refractivity contribution is 6.29. The molecule has 1 fully saturated rings. The topological polar surface area (TPSA) is 17.8 Å². The molecule has 0 atom stereocenters. The molecule has 0 amide bonds. The third-order valence-electron chi connectivity index (χ3n) is 3.24. The van der Waals surface area contributed by atoms with Gasteiger partial charge >= 0.3 is 0 Å².